The summed E-state index contributed by atoms with van der Waals surface area (Å²) in [5.74, 6) is 1.03. The molecule has 0 unspecified atom stereocenters. The summed E-state index contributed by atoms with van der Waals surface area (Å²) in [5, 5.41) is 3.50. The monoisotopic (exact) mass is 216 g/mol. The van der Waals surface area contributed by atoms with Crippen molar-refractivity contribution in [3.05, 3.63) is 29.8 Å². The molecular weight excluding hydrogens is 196 g/mol. The van der Waals surface area contributed by atoms with Gasteiger partial charge in [0.1, 0.15) is 0 Å². The molecule has 2 nitrogen and oxygen atoms in total. The highest BCUT2D eigenvalue weighted by Crippen LogP contribution is 2.33. The van der Waals surface area contributed by atoms with Gasteiger partial charge in [0, 0.05) is 31.9 Å². The van der Waals surface area contributed by atoms with Gasteiger partial charge in [0.05, 0.1) is 0 Å². The molecule has 0 saturated heterocycles. The topological polar surface area (TPSA) is 15.3 Å². The van der Waals surface area contributed by atoms with E-state index in [1.165, 1.54) is 37.1 Å². The van der Waals surface area contributed by atoms with Crippen molar-refractivity contribution in [1.29, 1.82) is 0 Å². The standard InChI is InChI=1S/C14H20N2/c1-2-4-14-13(3-1)11-15-8-10-16(14)9-7-12-5-6-12/h1-4,12,15H,5-11H2. The van der Waals surface area contributed by atoms with Gasteiger partial charge in [-0.3, -0.25) is 0 Å². The summed E-state index contributed by atoms with van der Waals surface area (Å²) in [5.41, 5.74) is 2.91. The van der Waals surface area contributed by atoms with E-state index in [-0.39, 0.29) is 0 Å². The summed E-state index contributed by atoms with van der Waals surface area (Å²) < 4.78 is 0. The van der Waals surface area contributed by atoms with Crippen LogP contribution in [0.4, 0.5) is 5.69 Å². The van der Waals surface area contributed by atoms with Crippen molar-refractivity contribution in [2.24, 2.45) is 5.92 Å². The van der Waals surface area contributed by atoms with Gasteiger partial charge in [-0.1, -0.05) is 31.0 Å². The lowest BCUT2D eigenvalue weighted by Crippen LogP contribution is -2.29. The van der Waals surface area contributed by atoms with Gasteiger partial charge in [-0.25, -0.2) is 0 Å². The van der Waals surface area contributed by atoms with E-state index in [9.17, 15) is 0 Å². The minimum Gasteiger partial charge on any atom is -0.370 e. The molecule has 1 fully saturated rings. The zero-order valence-corrected chi connectivity index (χ0v) is 9.78. The quantitative estimate of drug-likeness (QED) is 0.834. The molecule has 86 valence electrons. The van der Waals surface area contributed by atoms with Crippen LogP contribution in [0.3, 0.4) is 0 Å². The van der Waals surface area contributed by atoms with Gasteiger partial charge in [0.2, 0.25) is 0 Å². The smallest absolute Gasteiger partial charge is 0.0412 e. The molecule has 1 N–H and O–H groups in total. The Labute approximate surface area is 97.6 Å². The van der Waals surface area contributed by atoms with Gasteiger partial charge in [-0.15, -0.1) is 0 Å². The number of para-hydroxylation sites is 1. The molecule has 2 heteroatoms. The van der Waals surface area contributed by atoms with Gasteiger partial charge >= 0.3 is 0 Å². The zero-order valence-electron chi connectivity index (χ0n) is 9.78. The van der Waals surface area contributed by atoms with Crippen LogP contribution < -0.4 is 10.2 Å². The molecule has 3 rings (SSSR count). The van der Waals surface area contributed by atoms with E-state index in [1.54, 1.807) is 0 Å². The lowest BCUT2D eigenvalue weighted by atomic mass is 10.1. The van der Waals surface area contributed by atoms with Crippen molar-refractivity contribution < 1.29 is 0 Å². The normalized spacial score (nSPS) is 20.4. The third-order valence-corrected chi connectivity index (χ3v) is 3.71. The predicted octanol–water partition coefficient (Wildman–Crippen LogP) is 2.40. The summed E-state index contributed by atoms with van der Waals surface area (Å²) >= 11 is 0. The third kappa shape index (κ3) is 2.22. The Kier molecular flexibility index (Phi) is 2.83. The van der Waals surface area contributed by atoms with Crippen molar-refractivity contribution in [2.45, 2.75) is 25.8 Å². The lowest BCUT2D eigenvalue weighted by molar-refractivity contribution is 0.651. The summed E-state index contributed by atoms with van der Waals surface area (Å²) in [6.07, 6.45) is 4.32. The first-order valence-corrected chi connectivity index (χ1v) is 6.47. The Morgan fingerprint density at radius 3 is 3.00 bits per heavy atom. The van der Waals surface area contributed by atoms with E-state index >= 15 is 0 Å². The molecule has 0 aromatic heterocycles. The van der Waals surface area contributed by atoms with Crippen LogP contribution in [0.25, 0.3) is 0 Å². The van der Waals surface area contributed by atoms with Crippen molar-refractivity contribution in [3.8, 4) is 0 Å². The second kappa shape index (κ2) is 4.46. The second-order valence-electron chi connectivity index (χ2n) is 5.02. The molecular formula is C14H20N2. The fraction of sp³-hybridized carbons (Fsp3) is 0.571. The van der Waals surface area contributed by atoms with Crippen molar-refractivity contribution >= 4 is 5.69 Å². The van der Waals surface area contributed by atoms with Crippen molar-refractivity contribution in [2.75, 3.05) is 24.5 Å². The molecule has 0 radical (unpaired) electrons. The maximum absolute atomic E-state index is 3.50. The Morgan fingerprint density at radius 1 is 1.25 bits per heavy atom. The Hall–Kier alpha value is -1.02. The van der Waals surface area contributed by atoms with Gasteiger partial charge in [-0.2, -0.15) is 0 Å². The lowest BCUT2D eigenvalue weighted by Gasteiger charge is -2.24. The maximum Gasteiger partial charge on any atom is 0.0412 e. The first-order chi connectivity index (χ1) is 7.93. The molecule has 1 saturated carbocycles. The molecule has 0 bridgehead atoms. The number of benzene rings is 1. The number of rotatable bonds is 3. The average Bonchev–Trinajstić information content (AvgIpc) is 3.13. The number of anilines is 1. The van der Waals surface area contributed by atoms with Crippen LogP contribution in [-0.2, 0) is 6.54 Å². The number of hydrogen-bond acceptors (Lipinski definition) is 2. The third-order valence-electron chi connectivity index (χ3n) is 3.71. The molecule has 1 aliphatic carbocycles. The molecule has 1 aromatic rings. The minimum absolute atomic E-state index is 1.02. The van der Waals surface area contributed by atoms with Crippen LogP contribution in [0.1, 0.15) is 24.8 Å². The Morgan fingerprint density at radius 2 is 2.12 bits per heavy atom. The fourth-order valence-electron chi connectivity index (χ4n) is 2.50. The van der Waals surface area contributed by atoms with Gasteiger partial charge in [-0.05, 0) is 24.0 Å². The van der Waals surface area contributed by atoms with Gasteiger partial charge in [0.25, 0.3) is 0 Å². The van der Waals surface area contributed by atoms with Crippen LogP contribution in [-0.4, -0.2) is 19.6 Å². The second-order valence-corrected chi connectivity index (χ2v) is 5.02. The summed E-state index contributed by atoms with van der Waals surface area (Å²) in [6, 6.07) is 8.83. The van der Waals surface area contributed by atoms with Crippen LogP contribution in [0, 0.1) is 5.92 Å². The van der Waals surface area contributed by atoms with Crippen LogP contribution in [0.5, 0.6) is 0 Å². The van der Waals surface area contributed by atoms with E-state index in [0.717, 1.165) is 25.6 Å². The molecule has 1 heterocycles. The molecule has 0 atom stereocenters. The molecule has 0 spiro atoms. The highest BCUT2D eigenvalue weighted by atomic mass is 15.2. The summed E-state index contributed by atoms with van der Waals surface area (Å²) in [6.45, 7) is 4.53. The number of fused-ring (bicyclic) bond motifs is 1. The van der Waals surface area contributed by atoms with Crippen LogP contribution in [0.15, 0.2) is 24.3 Å². The van der Waals surface area contributed by atoms with Gasteiger partial charge < -0.3 is 10.2 Å². The molecule has 16 heavy (non-hydrogen) atoms. The predicted molar refractivity (Wildman–Crippen MR) is 67.7 cm³/mol. The fourth-order valence-corrected chi connectivity index (χ4v) is 2.50. The first-order valence-electron chi connectivity index (χ1n) is 6.47. The molecule has 0 amide bonds. The van der Waals surface area contributed by atoms with Crippen molar-refractivity contribution in [3.63, 3.8) is 0 Å². The van der Waals surface area contributed by atoms with Crippen LogP contribution in [0.2, 0.25) is 0 Å². The highest BCUT2D eigenvalue weighted by Gasteiger charge is 2.22. The number of nitrogens with zero attached hydrogens (tertiary/aromatic N) is 1. The SMILES string of the molecule is c1ccc2c(c1)CNCCN2CCC1CC1. The summed E-state index contributed by atoms with van der Waals surface area (Å²) in [7, 11) is 0. The Bertz CT molecular complexity index is 358. The summed E-state index contributed by atoms with van der Waals surface area (Å²) in [4.78, 5) is 2.56. The minimum atomic E-state index is 1.02. The maximum atomic E-state index is 3.50. The highest BCUT2D eigenvalue weighted by molar-refractivity contribution is 5.54. The van der Waals surface area contributed by atoms with E-state index in [1.807, 2.05) is 0 Å². The Balaban J connectivity index is 1.75. The van der Waals surface area contributed by atoms with E-state index in [2.05, 4.69) is 34.5 Å². The van der Waals surface area contributed by atoms with E-state index in [0.29, 0.717) is 0 Å². The van der Waals surface area contributed by atoms with Gasteiger partial charge in [0.15, 0.2) is 0 Å². The molecule has 1 aromatic carbocycles. The van der Waals surface area contributed by atoms with E-state index in [4.69, 9.17) is 0 Å². The molecule has 1 aliphatic heterocycles. The average molecular weight is 216 g/mol. The van der Waals surface area contributed by atoms with E-state index < -0.39 is 0 Å². The number of hydrogen-bond donors (Lipinski definition) is 1. The van der Waals surface area contributed by atoms with Crippen molar-refractivity contribution in [1.82, 2.24) is 5.32 Å². The largest absolute Gasteiger partial charge is 0.370 e. The van der Waals surface area contributed by atoms with Crippen LogP contribution >= 0.6 is 0 Å². The zero-order chi connectivity index (χ0) is 10.8. The molecule has 2 aliphatic rings. The first kappa shape index (κ1) is 10.2. The number of nitrogens with one attached hydrogen (secondary N) is 1.